The molecule has 2 heterocycles. The van der Waals surface area contributed by atoms with E-state index in [-0.39, 0.29) is 11.9 Å². The Morgan fingerprint density at radius 1 is 1.19 bits per heavy atom. The van der Waals surface area contributed by atoms with Crippen LogP contribution in [-0.2, 0) is 11.2 Å². The average Bonchev–Trinajstić information content (AvgIpc) is 2.69. The molecule has 1 amide bonds. The van der Waals surface area contributed by atoms with Crippen LogP contribution in [0.5, 0.6) is 0 Å². The van der Waals surface area contributed by atoms with Crippen LogP contribution in [-0.4, -0.2) is 48.5 Å². The second-order valence-electron chi connectivity index (χ2n) is 7.42. The highest BCUT2D eigenvalue weighted by atomic mass is 16.2. The van der Waals surface area contributed by atoms with Gasteiger partial charge in [-0.15, -0.1) is 0 Å². The number of pyridine rings is 1. The van der Waals surface area contributed by atoms with Crippen LogP contribution in [0.25, 0.3) is 0 Å². The highest BCUT2D eigenvalue weighted by molar-refractivity contribution is 5.78. The number of carbonyl (C=O) groups is 1. The number of fused-ring (bicyclic) bond motifs is 1. The van der Waals surface area contributed by atoms with E-state index < -0.39 is 0 Å². The van der Waals surface area contributed by atoms with Gasteiger partial charge in [-0.25, -0.2) is 4.98 Å². The molecule has 0 spiro atoms. The summed E-state index contributed by atoms with van der Waals surface area (Å²) in [6, 6.07) is 12.1. The van der Waals surface area contributed by atoms with E-state index in [1.807, 2.05) is 36.5 Å². The maximum Gasteiger partial charge on any atom is 0.234 e. The van der Waals surface area contributed by atoms with E-state index in [2.05, 4.69) is 26.2 Å². The van der Waals surface area contributed by atoms with Gasteiger partial charge in [0, 0.05) is 38.1 Å². The molecule has 0 radical (unpaired) electrons. The van der Waals surface area contributed by atoms with Gasteiger partial charge in [0.25, 0.3) is 0 Å². The molecule has 1 aromatic heterocycles. The van der Waals surface area contributed by atoms with Crippen molar-refractivity contribution >= 4 is 17.4 Å². The van der Waals surface area contributed by atoms with Gasteiger partial charge in [0.15, 0.2) is 0 Å². The molecule has 1 aliphatic heterocycles. The SMILES string of the molecule is Nc1ccc2c(c1)CCCC2NC(=O)CN1CCN(c2ccccn2)CC1. The van der Waals surface area contributed by atoms with E-state index in [4.69, 9.17) is 5.73 Å². The zero-order chi connectivity index (χ0) is 18.6. The van der Waals surface area contributed by atoms with Crippen molar-refractivity contribution < 1.29 is 4.79 Å². The Bertz CT molecular complexity index is 786. The van der Waals surface area contributed by atoms with Crippen molar-refractivity contribution in [2.75, 3.05) is 43.4 Å². The highest BCUT2D eigenvalue weighted by Gasteiger charge is 2.24. The predicted octanol–water partition coefficient (Wildman–Crippen LogP) is 1.98. The number of carbonyl (C=O) groups excluding carboxylic acids is 1. The minimum atomic E-state index is 0.107. The fraction of sp³-hybridized carbons (Fsp3) is 0.429. The molecule has 1 atom stereocenters. The number of hydrogen-bond donors (Lipinski definition) is 2. The molecule has 1 aromatic carbocycles. The van der Waals surface area contributed by atoms with Crippen molar-refractivity contribution in [1.82, 2.24) is 15.2 Å². The van der Waals surface area contributed by atoms with Crippen LogP contribution in [0.15, 0.2) is 42.6 Å². The summed E-state index contributed by atoms with van der Waals surface area (Å²) in [5.74, 6) is 1.12. The number of nitrogens with zero attached hydrogens (tertiary/aromatic N) is 3. The molecule has 6 nitrogen and oxygen atoms in total. The number of nitrogens with two attached hydrogens (primary N) is 1. The Labute approximate surface area is 160 Å². The van der Waals surface area contributed by atoms with Crippen LogP contribution in [0, 0.1) is 0 Å². The Morgan fingerprint density at radius 2 is 2.04 bits per heavy atom. The van der Waals surface area contributed by atoms with Gasteiger partial charge in [-0.1, -0.05) is 12.1 Å². The molecule has 2 aliphatic rings. The number of hydrogen-bond acceptors (Lipinski definition) is 5. The Kier molecular flexibility index (Phi) is 5.25. The summed E-state index contributed by atoms with van der Waals surface area (Å²) >= 11 is 0. The zero-order valence-electron chi connectivity index (χ0n) is 15.6. The van der Waals surface area contributed by atoms with Crippen molar-refractivity contribution in [2.45, 2.75) is 25.3 Å². The summed E-state index contributed by atoms with van der Waals surface area (Å²) in [6.45, 7) is 4.01. The fourth-order valence-electron chi connectivity index (χ4n) is 4.10. The summed E-state index contributed by atoms with van der Waals surface area (Å²) in [7, 11) is 0. The molecule has 142 valence electrons. The topological polar surface area (TPSA) is 74.5 Å². The van der Waals surface area contributed by atoms with Crippen LogP contribution in [0.3, 0.4) is 0 Å². The van der Waals surface area contributed by atoms with E-state index in [1.165, 1.54) is 11.1 Å². The molecule has 4 rings (SSSR count). The van der Waals surface area contributed by atoms with E-state index in [9.17, 15) is 4.79 Å². The summed E-state index contributed by atoms with van der Waals surface area (Å²) in [6.07, 6.45) is 4.95. The Balaban J connectivity index is 1.30. The van der Waals surface area contributed by atoms with Gasteiger partial charge < -0.3 is 16.0 Å². The normalized spacial score (nSPS) is 20.1. The van der Waals surface area contributed by atoms with Crippen molar-refractivity contribution in [1.29, 1.82) is 0 Å². The van der Waals surface area contributed by atoms with Crippen LogP contribution < -0.4 is 16.0 Å². The second-order valence-corrected chi connectivity index (χ2v) is 7.42. The lowest BCUT2D eigenvalue weighted by atomic mass is 9.87. The quantitative estimate of drug-likeness (QED) is 0.811. The molecule has 1 aliphatic carbocycles. The van der Waals surface area contributed by atoms with Crippen molar-refractivity contribution in [3.05, 3.63) is 53.7 Å². The molecule has 0 bridgehead atoms. The van der Waals surface area contributed by atoms with E-state index in [0.29, 0.717) is 6.54 Å². The minimum absolute atomic E-state index is 0.107. The number of anilines is 2. The number of piperazine rings is 1. The summed E-state index contributed by atoms with van der Waals surface area (Å²) in [4.78, 5) is 21.5. The maximum absolute atomic E-state index is 12.6. The van der Waals surface area contributed by atoms with Gasteiger partial charge in [-0.2, -0.15) is 0 Å². The number of nitrogen functional groups attached to an aromatic ring is 1. The van der Waals surface area contributed by atoms with Gasteiger partial charge in [-0.05, 0) is 54.7 Å². The standard InChI is InChI=1S/C21H27N5O/c22-17-7-8-18-16(14-17)4-3-5-19(18)24-21(27)15-25-10-12-26(13-11-25)20-6-1-2-9-23-20/h1-2,6-9,14,19H,3-5,10-13,15,22H2,(H,24,27). The Hall–Kier alpha value is -2.60. The van der Waals surface area contributed by atoms with Crippen LogP contribution in [0.4, 0.5) is 11.5 Å². The van der Waals surface area contributed by atoms with Crippen molar-refractivity contribution in [3.8, 4) is 0 Å². The molecule has 27 heavy (non-hydrogen) atoms. The molecular formula is C21H27N5O. The van der Waals surface area contributed by atoms with E-state index in [0.717, 1.165) is 56.9 Å². The number of rotatable bonds is 4. The number of amides is 1. The molecule has 1 fully saturated rings. The molecule has 1 unspecified atom stereocenters. The first-order chi connectivity index (χ1) is 13.2. The third-order valence-corrected chi connectivity index (χ3v) is 5.53. The molecule has 1 saturated heterocycles. The first-order valence-corrected chi connectivity index (χ1v) is 9.75. The Morgan fingerprint density at radius 3 is 2.81 bits per heavy atom. The van der Waals surface area contributed by atoms with Crippen LogP contribution in [0.1, 0.15) is 30.0 Å². The summed E-state index contributed by atoms with van der Waals surface area (Å²) in [5.41, 5.74) is 9.20. The number of aromatic nitrogens is 1. The largest absolute Gasteiger partial charge is 0.399 e. The lowest BCUT2D eigenvalue weighted by molar-refractivity contribution is -0.123. The maximum atomic E-state index is 12.6. The summed E-state index contributed by atoms with van der Waals surface area (Å²) in [5, 5.41) is 3.24. The van der Waals surface area contributed by atoms with Gasteiger partial charge in [0.05, 0.1) is 12.6 Å². The van der Waals surface area contributed by atoms with Gasteiger partial charge in [0.2, 0.25) is 5.91 Å². The molecular weight excluding hydrogens is 338 g/mol. The molecule has 2 aromatic rings. The van der Waals surface area contributed by atoms with Gasteiger partial charge in [-0.3, -0.25) is 9.69 Å². The minimum Gasteiger partial charge on any atom is -0.399 e. The van der Waals surface area contributed by atoms with Crippen LogP contribution in [0.2, 0.25) is 0 Å². The lowest BCUT2D eigenvalue weighted by Gasteiger charge is -2.35. The number of aryl methyl sites for hydroxylation is 1. The molecule has 3 N–H and O–H groups in total. The lowest BCUT2D eigenvalue weighted by Crippen LogP contribution is -2.50. The van der Waals surface area contributed by atoms with Crippen LogP contribution >= 0.6 is 0 Å². The molecule has 0 saturated carbocycles. The zero-order valence-corrected chi connectivity index (χ0v) is 15.6. The first kappa shape index (κ1) is 17.8. The monoisotopic (exact) mass is 365 g/mol. The van der Waals surface area contributed by atoms with Crippen molar-refractivity contribution in [2.24, 2.45) is 0 Å². The molecule has 6 heteroatoms. The third kappa shape index (κ3) is 4.22. The summed E-state index contributed by atoms with van der Waals surface area (Å²) < 4.78 is 0. The van der Waals surface area contributed by atoms with E-state index in [1.54, 1.807) is 0 Å². The van der Waals surface area contributed by atoms with Gasteiger partial charge in [0.1, 0.15) is 5.82 Å². The second kappa shape index (κ2) is 7.96. The number of nitrogens with one attached hydrogen (secondary N) is 1. The van der Waals surface area contributed by atoms with E-state index >= 15 is 0 Å². The predicted molar refractivity (Wildman–Crippen MR) is 108 cm³/mol. The van der Waals surface area contributed by atoms with Gasteiger partial charge >= 0.3 is 0 Å². The smallest absolute Gasteiger partial charge is 0.234 e. The first-order valence-electron chi connectivity index (χ1n) is 9.75. The average molecular weight is 365 g/mol. The fourth-order valence-corrected chi connectivity index (χ4v) is 4.10. The third-order valence-electron chi connectivity index (χ3n) is 5.53. The number of benzene rings is 1. The highest BCUT2D eigenvalue weighted by Crippen LogP contribution is 2.30. The van der Waals surface area contributed by atoms with Crippen molar-refractivity contribution in [3.63, 3.8) is 0 Å².